The van der Waals surface area contributed by atoms with Crippen LogP contribution in [0.4, 0.5) is 0 Å². The summed E-state index contributed by atoms with van der Waals surface area (Å²) in [6.45, 7) is 26.7. The highest BCUT2D eigenvalue weighted by Crippen LogP contribution is 2.47. The van der Waals surface area contributed by atoms with Gasteiger partial charge in [0.25, 0.3) is 0 Å². The number of allylic oxidation sites excluding steroid dienone is 4. The van der Waals surface area contributed by atoms with E-state index in [1.807, 2.05) is 13.8 Å². The predicted octanol–water partition coefficient (Wildman–Crippen LogP) is 7.96. The van der Waals surface area contributed by atoms with Crippen LogP contribution in [0.25, 0.3) is 0 Å². The molecular formula is C34H56BBrO5. The minimum Gasteiger partial charge on any atom is -0.488 e. The van der Waals surface area contributed by atoms with Crippen molar-refractivity contribution in [2.45, 2.75) is 134 Å². The Morgan fingerprint density at radius 1 is 1.20 bits per heavy atom. The third kappa shape index (κ3) is 8.84. The number of aliphatic hydroxyl groups is 1. The number of epoxide rings is 1. The maximum absolute atomic E-state index is 10.8. The molecule has 2 aliphatic rings. The summed E-state index contributed by atoms with van der Waals surface area (Å²) in [7, 11) is 8.40. The Morgan fingerprint density at radius 3 is 2.22 bits per heavy atom. The zero-order chi connectivity index (χ0) is 31.2. The standard InChI is InChI=1S/C34H56BBrO5/c1-12-33(13-2,38-11)19-27(37)21-40-32(10)29(35)17-26(18-30(32)36)31(8,9)24(6)16-23(5)25(7)41-34(14-3,15-4)20-28-22-39-28/h16-17,26-28,30,37H,6-7,12-15,18-22H2,1-5,8-11H3/b23-16-/t26?,27?,28?,30?,32-/m0/s1. The lowest BCUT2D eigenvalue weighted by Gasteiger charge is -2.46. The third-order valence-corrected chi connectivity index (χ3v) is 11.4. The zero-order valence-corrected chi connectivity index (χ0v) is 28.9. The highest BCUT2D eigenvalue weighted by molar-refractivity contribution is 9.09. The summed E-state index contributed by atoms with van der Waals surface area (Å²) in [6.07, 6.45) is 9.57. The number of hydrogen-bond acceptors (Lipinski definition) is 5. The minimum atomic E-state index is -0.730. The normalized spacial score (nSPS) is 26.4. The summed E-state index contributed by atoms with van der Waals surface area (Å²) in [5, 5.41) is 10.8. The number of methoxy groups -OCH3 is 1. The van der Waals surface area contributed by atoms with E-state index in [4.69, 9.17) is 26.8 Å². The molecule has 1 aliphatic heterocycles. The Balaban J connectivity index is 2.12. The van der Waals surface area contributed by atoms with E-state index in [0.717, 1.165) is 56.3 Å². The summed E-state index contributed by atoms with van der Waals surface area (Å²) < 4.78 is 24.1. The second kappa shape index (κ2) is 14.7. The van der Waals surface area contributed by atoms with Crippen LogP contribution in [-0.4, -0.2) is 67.1 Å². The summed E-state index contributed by atoms with van der Waals surface area (Å²) in [4.78, 5) is -0.0310. The lowest BCUT2D eigenvalue weighted by atomic mass is 9.62. The maximum atomic E-state index is 10.8. The van der Waals surface area contributed by atoms with Crippen LogP contribution >= 0.6 is 15.9 Å². The van der Waals surface area contributed by atoms with Crippen LogP contribution in [0.5, 0.6) is 0 Å². The van der Waals surface area contributed by atoms with Crippen LogP contribution in [0.15, 0.2) is 47.7 Å². The molecule has 1 N–H and O–H groups in total. The van der Waals surface area contributed by atoms with E-state index >= 15 is 0 Å². The minimum absolute atomic E-state index is 0.0310. The van der Waals surface area contributed by atoms with Crippen molar-refractivity contribution in [3.63, 3.8) is 0 Å². The molecule has 0 aromatic carbocycles. The SMILES string of the molecule is [B]C1=CC(C(C)(C)C(=C)/C=C(/C)C(=C)OC(CC)(CC)CC2CO2)CC(Br)[C@@]1(C)OCC(O)CC(CC)(CC)OC. The first-order valence-electron chi connectivity index (χ1n) is 15.4. The van der Waals surface area contributed by atoms with Gasteiger partial charge in [0, 0.05) is 24.8 Å². The summed E-state index contributed by atoms with van der Waals surface area (Å²) in [6, 6.07) is 0. The quantitative estimate of drug-likeness (QED) is 0.0545. The van der Waals surface area contributed by atoms with Crippen molar-refractivity contribution in [3.8, 4) is 0 Å². The van der Waals surface area contributed by atoms with Crippen LogP contribution in [0.2, 0.25) is 0 Å². The molecule has 232 valence electrons. The monoisotopic (exact) mass is 634 g/mol. The van der Waals surface area contributed by atoms with Crippen LogP contribution in [-0.2, 0) is 18.9 Å². The van der Waals surface area contributed by atoms with E-state index in [1.54, 1.807) is 7.11 Å². The molecule has 2 radical (unpaired) electrons. The van der Waals surface area contributed by atoms with Crippen LogP contribution in [0.1, 0.15) is 100 Å². The molecular weight excluding hydrogens is 579 g/mol. The first kappa shape index (κ1) is 36.3. The van der Waals surface area contributed by atoms with Crippen molar-refractivity contribution in [1.82, 2.24) is 0 Å². The van der Waals surface area contributed by atoms with Gasteiger partial charge in [-0.15, -0.1) is 0 Å². The fourth-order valence-electron chi connectivity index (χ4n) is 5.86. The second-order valence-electron chi connectivity index (χ2n) is 13.0. The average Bonchev–Trinajstić information content (AvgIpc) is 3.76. The Bertz CT molecular complexity index is 952. The van der Waals surface area contributed by atoms with Crippen molar-refractivity contribution in [2.75, 3.05) is 20.3 Å². The van der Waals surface area contributed by atoms with Crippen LogP contribution < -0.4 is 0 Å². The van der Waals surface area contributed by atoms with Gasteiger partial charge in [-0.05, 0) is 68.4 Å². The lowest BCUT2D eigenvalue weighted by molar-refractivity contribution is -0.0929. The summed E-state index contributed by atoms with van der Waals surface area (Å²) in [5.41, 5.74) is 1.03. The predicted molar refractivity (Wildman–Crippen MR) is 175 cm³/mol. The Kier molecular flexibility index (Phi) is 13.1. The van der Waals surface area contributed by atoms with Crippen LogP contribution in [0, 0.1) is 11.3 Å². The van der Waals surface area contributed by atoms with Gasteiger partial charge < -0.3 is 24.1 Å². The fourth-order valence-corrected chi connectivity index (χ4v) is 6.66. The lowest BCUT2D eigenvalue weighted by Crippen LogP contribution is -2.48. The number of ether oxygens (including phenoxy) is 4. The van der Waals surface area contributed by atoms with Gasteiger partial charge in [-0.3, -0.25) is 0 Å². The molecule has 1 heterocycles. The molecule has 0 bridgehead atoms. The average molecular weight is 636 g/mol. The molecule has 7 heteroatoms. The van der Waals surface area contributed by atoms with E-state index in [9.17, 15) is 5.11 Å². The highest BCUT2D eigenvalue weighted by atomic mass is 79.9. The van der Waals surface area contributed by atoms with E-state index in [0.29, 0.717) is 23.8 Å². The van der Waals surface area contributed by atoms with E-state index in [1.165, 1.54) is 0 Å². The van der Waals surface area contributed by atoms with Gasteiger partial charge in [0.2, 0.25) is 0 Å². The molecule has 1 aliphatic carbocycles. The molecule has 0 aromatic rings. The molecule has 41 heavy (non-hydrogen) atoms. The van der Waals surface area contributed by atoms with Gasteiger partial charge in [-0.1, -0.05) is 88.3 Å². The van der Waals surface area contributed by atoms with Gasteiger partial charge in [0.15, 0.2) is 0 Å². The Hall–Kier alpha value is -0.855. The summed E-state index contributed by atoms with van der Waals surface area (Å²) in [5.74, 6) is 0.824. The Morgan fingerprint density at radius 2 is 1.76 bits per heavy atom. The van der Waals surface area contributed by atoms with Crippen molar-refractivity contribution in [1.29, 1.82) is 0 Å². The topological polar surface area (TPSA) is 60.5 Å². The van der Waals surface area contributed by atoms with E-state index in [2.05, 4.69) is 82.8 Å². The number of halogens is 1. The van der Waals surface area contributed by atoms with Crippen LogP contribution in [0.3, 0.4) is 0 Å². The largest absolute Gasteiger partial charge is 0.488 e. The van der Waals surface area contributed by atoms with Crippen molar-refractivity contribution >= 4 is 23.8 Å². The third-order valence-electron chi connectivity index (χ3n) is 10.1. The molecule has 1 saturated heterocycles. The molecule has 0 amide bonds. The molecule has 1 fully saturated rings. The summed E-state index contributed by atoms with van der Waals surface area (Å²) >= 11 is 3.89. The molecule has 2 rings (SSSR count). The second-order valence-corrected chi connectivity index (χ2v) is 14.1. The van der Waals surface area contributed by atoms with Gasteiger partial charge in [0.05, 0.1) is 36.6 Å². The van der Waals surface area contributed by atoms with Crippen molar-refractivity contribution in [2.24, 2.45) is 11.3 Å². The first-order valence-corrected chi connectivity index (χ1v) is 16.4. The number of hydrogen-bond donors (Lipinski definition) is 1. The molecule has 0 saturated carbocycles. The van der Waals surface area contributed by atoms with Crippen molar-refractivity contribution < 1.29 is 24.1 Å². The highest BCUT2D eigenvalue weighted by Gasteiger charge is 2.44. The zero-order valence-electron chi connectivity index (χ0n) is 27.3. The van der Waals surface area contributed by atoms with E-state index in [-0.39, 0.29) is 34.0 Å². The van der Waals surface area contributed by atoms with Gasteiger partial charge in [-0.25, -0.2) is 0 Å². The van der Waals surface area contributed by atoms with Gasteiger partial charge in [0.1, 0.15) is 19.2 Å². The van der Waals surface area contributed by atoms with E-state index < -0.39 is 11.7 Å². The number of rotatable bonds is 18. The fraction of sp³-hybridized carbons (Fsp3) is 0.765. The Labute approximate surface area is 260 Å². The van der Waals surface area contributed by atoms with Gasteiger partial charge >= 0.3 is 0 Å². The first-order chi connectivity index (χ1) is 19.1. The van der Waals surface area contributed by atoms with Gasteiger partial charge in [-0.2, -0.15) is 0 Å². The molecule has 0 spiro atoms. The molecule has 5 atom stereocenters. The molecule has 4 unspecified atom stereocenters. The molecule has 0 aromatic heterocycles. The number of alkyl halides is 1. The maximum Gasteiger partial charge on any atom is 0.115 e. The number of aliphatic hydroxyl groups excluding tert-OH is 1. The van der Waals surface area contributed by atoms with Crippen molar-refractivity contribution in [3.05, 3.63) is 47.7 Å². The smallest absolute Gasteiger partial charge is 0.115 e. The molecule has 5 nitrogen and oxygen atoms in total.